The van der Waals surface area contributed by atoms with Crippen LogP contribution in [0.5, 0.6) is 5.75 Å². The standard InChI is InChI=1S/C22H24Br2N2O2/c1-22(2,3)15-7-5-14(6-8-15)16-11-17(16)21(27)26-25-12-13-9-18(23)20(28-4)19(24)10-13/h5-10,12,16-17H,11H2,1-4H3,(H,26,27)/t16-,17-/m1/s1. The molecule has 1 amide bonds. The number of hydrogen-bond donors (Lipinski definition) is 1. The van der Waals surface area contributed by atoms with Gasteiger partial charge >= 0.3 is 0 Å². The minimum absolute atomic E-state index is 0.00743. The van der Waals surface area contributed by atoms with Crippen LogP contribution in [-0.4, -0.2) is 19.2 Å². The molecule has 0 unspecified atom stereocenters. The van der Waals surface area contributed by atoms with Crippen molar-refractivity contribution in [3.63, 3.8) is 0 Å². The predicted molar refractivity (Wildman–Crippen MR) is 120 cm³/mol. The normalized spacial score (nSPS) is 18.9. The fourth-order valence-corrected chi connectivity index (χ4v) is 4.73. The molecule has 1 fully saturated rings. The monoisotopic (exact) mass is 506 g/mol. The third-order valence-electron chi connectivity index (χ3n) is 4.95. The predicted octanol–water partition coefficient (Wildman–Crippen LogP) is 5.77. The lowest BCUT2D eigenvalue weighted by molar-refractivity contribution is -0.122. The molecule has 2 aromatic carbocycles. The number of nitrogens with one attached hydrogen (secondary N) is 1. The van der Waals surface area contributed by atoms with Crippen LogP contribution in [0.15, 0.2) is 50.4 Å². The van der Waals surface area contributed by atoms with Crippen molar-refractivity contribution >= 4 is 44.0 Å². The Kier molecular flexibility index (Phi) is 6.30. The molecule has 0 aromatic heterocycles. The number of benzene rings is 2. The van der Waals surface area contributed by atoms with Gasteiger partial charge in [-0.25, -0.2) is 5.43 Å². The van der Waals surface area contributed by atoms with E-state index in [0.717, 1.165) is 26.7 Å². The van der Waals surface area contributed by atoms with Crippen molar-refractivity contribution in [3.8, 4) is 5.75 Å². The lowest BCUT2D eigenvalue weighted by Crippen LogP contribution is -2.20. The van der Waals surface area contributed by atoms with E-state index in [1.54, 1.807) is 13.3 Å². The summed E-state index contributed by atoms with van der Waals surface area (Å²) in [5.74, 6) is 0.966. The van der Waals surface area contributed by atoms with Gasteiger partial charge in [0.15, 0.2) is 0 Å². The molecule has 0 saturated heterocycles. The Bertz CT molecular complexity index is 879. The highest BCUT2D eigenvalue weighted by molar-refractivity contribution is 9.11. The second-order valence-electron chi connectivity index (χ2n) is 8.07. The highest BCUT2D eigenvalue weighted by Crippen LogP contribution is 2.47. The molecule has 4 nitrogen and oxygen atoms in total. The van der Waals surface area contributed by atoms with Crippen molar-refractivity contribution in [1.29, 1.82) is 0 Å². The second kappa shape index (κ2) is 8.37. The molecule has 2 atom stereocenters. The maximum atomic E-state index is 12.4. The van der Waals surface area contributed by atoms with Gasteiger partial charge in [0.2, 0.25) is 5.91 Å². The molecule has 1 saturated carbocycles. The molecule has 2 aromatic rings. The molecule has 1 N–H and O–H groups in total. The van der Waals surface area contributed by atoms with E-state index in [0.29, 0.717) is 0 Å². The van der Waals surface area contributed by atoms with Crippen LogP contribution in [0.25, 0.3) is 0 Å². The van der Waals surface area contributed by atoms with E-state index in [-0.39, 0.29) is 23.2 Å². The maximum absolute atomic E-state index is 12.4. The van der Waals surface area contributed by atoms with E-state index in [2.05, 4.69) is 87.4 Å². The number of amides is 1. The average molecular weight is 508 g/mol. The number of halogens is 2. The Morgan fingerprint density at radius 3 is 2.32 bits per heavy atom. The van der Waals surface area contributed by atoms with Crippen molar-refractivity contribution in [3.05, 3.63) is 62.0 Å². The van der Waals surface area contributed by atoms with Gasteiger partial charge in [-0.1, -0.05) is 45.0 Å². The first kappa shape index (κ1) is 21.1. The number of hydrazone groups is 1. The number of hydrogen-bond acceptors (Lipinski definition) is 3. The van der Waals surface area contributed by atoms with Crippen LogP contribution < -0.4 is 10.2 Å². The first-order valence-corrected chi connectivity index (χ1v) is 10.8. The summed E-state index contributed by atoms with van der Waals surface area (Å²) in [6, 6.07) is 12.4. The molecule has 0 radical (unpaired) electrons. The Morgan fingerprint density at radius 1 is 1.18 bits per heavy atom. The van der Waals surface area contributed by atoms with Gasteiger partial charge in [-0.05, 0) is 78.4 Å². The van der Waals surface area contributed by atoms with Crippen molar-refractivity contribution in [2.24, 2.45) is 11.0 Å². The van der Waals surface area contributed by atoms with Gasteiger partial charge in [-0.15, -0.1) is 0 Å². The van der Waals surface area contributed by atoms with Crippen molar-refractivity contribution in [2.45, 2.75) is 38.5 Å². The average Bonchev–Trinajstić information content (AvgIpc) is 3.42. The van der Waals surface area contributed by atoms with Crippen molar-refractivity contribution in [1.82, 2.24) is 5.43 Å². The van der Waals surface area contributed by atoms with Crippen LogP contribution in [0, 0.1) is 5.92 Å². The summed E-state index contributed by atoms with van der Waals surface area (Å²) < 4.78 is 6.92. The van der Waals surface area contributed by atoms with Crippen LogP contribution in [0.3, 0.4) is 0 Å². The number of carbonyl (C=O) groups is 1. The number of methoxy groups -OCH3 is 1. The number of ether oxygens (including phenoxy) is 1. The lowest BCUT2D eigenvalue weighted by Gasteiger charge is -2.19. The highest BCUT2D eigenvalue weighted by atomic mass is 79.9. The second-order valence-corrected chi connectivity index (χ2v) is 9.78. The molecule has 0 bridgehead atoms. The smallest absolute Gasteiger partial charge is 0.243 e. The zero-order valence-electron chi connectivity index (χ0n) is 16.4. The Labute approximate surface area is 183 Å². The largest absolute Gasteiger partial charge is 0.494 e. The van der Waals surface area contributed by atoms with Crippen molar-refractivity contribution in [2.75, 3.05) is 7.11 Å². The third kappa shape index (κ3) is 4.84. The van der Waals surface area contributed by atoms with Crippen LogP contribution in [0.2, 0.25) is 0 Å². The number of carbonyl (C=O) groups excluding carboxylic acids is 1. The first-order chi connectivity index (χ1) is 13.2. The topological polar surface area (TPSA) is 50.7 Å². The summed E-state index contributed by atoms with van der Waals surface area (Å²) in [4.78, 5) is 12.4. The summed E-state index contributed by atoms with van der Waals surface area (Å²) in [5, 5.41) is 4.11. The van der Waals surface area contributed by atoms with Crippen LogP contribution in [0.4, 0.5) is 0 Å². The molecule has 148 valence electrons. The van der Waals surface area contributed by atoms with Gasteiger partial charge in [-0.3, -0.25) is 4.79 Å². The highest BCUT2D eigenvalue weighted by Gasteiger charge is 2.44. The molecule has 0 spiro atoms. The van der Waals surface area contributed by atoms with Gasteiger partial charge in [0.05, 0.1) is 22.3 Å². The Hall–Kier alpha value is -1.66. The van der Waals surface area contributed by atoms with E-state index in [9.17, 15) is 4.79 Å². The SMILES string of the molecule is COc1c(Br)cc(C=NNC(=O)[C@@H]2C[C@@H]2c2ccc(C(C)(C)C)cc2)cc1Br. The molecule has 1 aliphatic carbocycles. The van der Waals surface area contributed by atoms with E-state index >= 15 is 0 Å². The van der Waals surface area contributed by atoms with Gasteiger partial charge in [0, 0.05) is 5.92 Å². The molecule has 0 aliphatic heterocycles. The molecular formula is C22H24Br2N2O2. The van der Waals surface area contributed by atoms with E-state index in [1.165, 1.54) is 11.1 Å². The van der Waals surface area contributed by atoms with Crippen LogP contribution >= 0.6 is 31.9 Å². The van der Waals surface area contributed by atoms with Crippen molar-refractivity contribution < 1.29 is 9.53 Å². The van der Waals surface area contributed by atoms with Crippen LogP contribution in [-0.2, 0) is 10.2 Å². The molecule has 28 heavy (non-hydrogen) atoms. The van der Waals surface area contributed by atoms with E-state index in [1.807, 2.05) is 12.1 Å². The number of nitrogens with zero attached hydrogens (tertiary/aromatic N) is 1. The molecule has 1 aliphatic rings. The third-order valence-corrected chi connectivity index (χ3v) is 6.12. The maximum Gasteiger partial charge on any atom is 0.243 e. The quantitative estimate of drug-likeness (QED) is 0.412. The molecule has 0 heterocycles. The lowest BCUT2D eigenvalue weighted by atomic mass is 9.86. The summed E-state index contributed by atoms with van der Waals surface area (Å²) in [6.45, 7) is 6.61. The van der Waals surface area contributed by atoms with Gasteiger partial charge < -0.3 is 4.74 Å². The fraction of sp³-hybridized carbons (Fsp3) is 0.364. The van der Waals surface area contributed by atoms with E-state index < -0.39 is 0 Å². The van der Waals surface area contributed by atoms with Crippen LogP contribution in [0.1, 0.15) is 49.8 Å². The summed E-state index contributed by atoms with van der Waals surface area (Å²) in [5.41, 5.74) is 6.18. The summed E-state index contributed by atoms with van der Waals surface area (Å²) >= 11 is 6.92. The van der Waals surface area contributed by atoms with Gasteiger partial charge in [0.1, 0.15) is 5.75 Å². The minimum atomic E-state index is -0.0345. The zero-order valence-corrected chi connectivity index (χ0v) is 19.6. The molecule has 6 heteroatoms. The van der Waals surface area contributed by atoms with E-state index in [4.69, 9.17) is 4.74 Å². The number of rotatable bonds is 5. The summed E-state index contributed by atoms with van der Waals surface area (Å²) in [7, 11) is 1.61. The fourth-order valence-electron chi connectivity index (χ4n) is 3.19. The van der Waals surface area contributed by atoms with Gasteiger partial charge in [-0.2, -0.15) is 5.10 Å². The summed E-state index contributed by atoms with van der Waals surface area (Å²) in [6.07, 6.45) is 2.50. The first-order valence-electron chi connectivity index (χ1n) is 9.17. The Balaban J connectivity index is 1.57. The minimum Gasteiger partial charge on any atom is -0.494 e. The van der Waals surface area contributed by atoms with Gasteiger partial charge in [0.25, 0.3) is 0 Å². The molecular weight excluding hydrogens is 484 g/mol. The Morgan fingerprint density at radius 2 is 1.79 bits per heavy atom. The molecule has 3 rings (SSSR count). The zero-order chi connectivity index (χ0) is 20.5.